The Morgan fingerprint density at radius 2 is 1.51 bits per heavy atom. The van der Waals surface area contributed by atoms with Gasteiger partial charge in [0, 0.05) is 12.1 Å². The number of benzene rings is 3. The number of alkyl halides is 6. The molecule has 244 valence electrons. The van der Waals surface area contributed by atoms with E-state index in [1.165, 1.54) is 20.4 Å². The van der Waals surface area contributed by atoms with Crippen molar-refractivity contribution in [3.05, 3.63) is 95.7 Å². The molecule has 0 bridgehead atoms. The molecule has 0 aliphatic heterocycles. The number of amides is 1. The number of nitrogens with one attached hydrogen (secondary N) is 2. The highest BCUT2D eigenvalue weighted by atomic mass is 19.4. The molecular weight excluding hydrogens is 606 g/mol. The van der Waals surface area contributed by atoms with Crippen LogP contribution in [0.15, 0.2) is 73.4 Å². The number of hydrogen-bond acceptors (Lipinski definition) is 6. The number of carbonyl (C=O) groups excluding carboxylic acids is 1. The molecule has 1 atom stereocenters. The van der Waals surface area contributed by atoms with Gasteiger partial charge in [-0.15, -0.1) is 0 Å². The normalized spacial score (nSPS) is 13.4. The van der Waals surface area contributed by atoms with Crippen molar-refractivity contribution in [2.45, 2.75) is 56.7 Å². The van der Waals surface area contributed by atoms with E-state index in [2.05, 4.69) is 17.2 Å². The summed E-state index contributed by atoms with van der Waals surface area (Å²) in [6.45, 7) is 7.06. The van der Waals surface area contributed by atoms with E-state index in [-0.39, 0.29) is 30.0 Å². The lowest BCUT2D eigenvalue weighted by atomic mass is 9.90. The average Bonchev–Trinajstić information content (AvgIpc) is 2.99. The monoisotopic (exact) mass is 640 g/mol. The SMILES string of the molecule is C=CNC(C)(C(=O)NCc1cccc(Oc2ccc(C(O)(C(F)(F)F)C(F)(F)F)cc2CCC)c1)c1ccc(OC)c(OC)c1. The minimum Gasteiger partial charge on any atom is -0.493 e. The highest BCUT2D eigenvalue weighted by molar-refractivity contribution is 5.87. The third-order valence-corrected chi connectivity index (χ3v) is 7.20. The van der Waals surface area contributed by atoms with Gasteiger partial charge in [0.2, 0.25) is 5.91 Å². The summed E-state index contributed by atoms with van der Waals surface area (Å²) >= 11 is 0. The quantitative estimate of drug-likeness (QED) is 0.174. The number of aliphatic hydroxyl groups is 1. The molecule has 45 heavy (non-hydrogen) atoms. The molecule has 3 aromatic rings. The summed E-state index contributed by atoms with van der Waals surface area (Å²) in [5.74, 6) is 0.725. The molecule has 3 rings (SSSR count). The Hall–Kier alpha value is -4.39. The molecule has 13 heteroatoms. The van der Waals surface area contributed by atoms with Gasteiger partial charge < -0.3 is 30.0 Å². The van der Waals surface area contributed by atoms with Crippen molar-refractivity contribution in [1.82, 2.24) is 10.6 Å². The number of carbonyl (C=O) groups is 1. The molecule has 3 aromatic carbocycles. The molecule has 7 nitrogen and oxygen atoms in total. The minimum atomic E-state index is -6.01. The molecule has 0 aliphatic carbocycles. The van der Waals surface area contributed by atoms with Crippen LogP contribution >= 0.6 is 0 Å². The van der Waals surface area contributed by atoms with E-state index < -0.39 is 35.0 Å². The average molecular weight is 641 g/mol. The lowest BCUT2D eigenvalue weighted by Crippen LogP contribution is -2.53. The van der Waals surface area contributed by atoms with Crippen molar-refractivity contribution >= 4 is 5.91 Å². The van der Waals surface area contributed by atoms with E-state index in [0.717, 1.165) is 6.07 Å². The van der Waals surface area contributed by atoms with Crippen molar-refractivity contribution in [3.63, 3.8) is 0 Å². The van der Waals surface area contributed by atoms with Gasteiger partial charge in [0.25, 0.3) is 5.60 Å². The zero-order valence-electron chi connectivity index (χ0n) is 25.0. The van der Waals surface area contributed by atoms with Gasteiger partial charge in [0.1, 0.15) is 17.0 Å². The minimum absolute atomic E-state index is 0.0182. The molecule has 0 spiro atoms. The van der Waals surface area contributed by atoms with Crippen LogP contribution in [0.1, 0.15) is 42.5 Å². The maximum atomic E-state index is 13.5. The fourth-order valence-electron chi connectivity index (χ4n) is 4.69. The van der Waals surface area contributed by atoms with E-state index in [4.69, 9.17) is 14.2 Å². The standard InChI is InChI=1S/C32H34F6N2O5/c1-6-9-21-17-23(30(42,31(33,34)35)32(36,37)38)13-14-25(21)45-24-11-8-10-20(16-24)19-39-28(41)29(3,40-7-2)22-12-15-26(43-4)27(18-22)44-5/h7-8,10-18,40,42H,2,6,9,19H2,1,3-5H3,(H,39,41). The predicted molar refractivity (Wildman–Crippen MR) is 155 cm³/mol. The molecule has 0 saturated carbocycles. The molecule has 0 radical (unpaired) electrons. The van der Waals surface area contributed by atoms with E-state index in [1.54, 1.807) is 56.3 Å². The fraction of sp³-hybridized carbons (Fsp3) is 0.344. The molecule has 0 fully saturated rings. The number of aryl methyl sites for hydroxylation is 1. The van der Waals surface area contributed by atoms with Crippen LogP contribution in [0.3, 0.4) is 0 Å². The van der Waals surface area contributed by atoms with Crippen molar-refractivity contribution < 1.29 is 50.5 Å². The first-order chi connectivity index (χ1) is 21.0. The molecule has 0 aliphatic rings. The number of rotatable bonds is 13. The largest absolute Gasteiger partial charge is 0.493 e. The maximum Gasteiger partial charge on any atom is 0.430 e. The summed E-state index contributed by atoms with van der Waals surface area (Å²) in [5, 5.41) is 15.6. The second kappa shape index (κ2) is 13.7. The van der Waals surface area contributed by atoms with Crippen molar-refractivity contribution in [2.24, 2.45) is 0 Å². The van der Waals surface area contributed by atoms with Crippen molar-refractivity contribution in [3.8, 4) is 23.0 Å². The second-order valence-corrected chi connectivity index (χ2v) is 10.3. The molecule has 3 N–H and O–H groups in total. The molecule has 1 amide bonds. The number of halogens is 6. The first kappa shape index (κ1) is 35.1. The highest BCUT2D eigenvalue weighted by Gasteiger charge is 2.71. The summed E-state index contributed by atoms with van der Waals surface area (Å²) in [6, 6.07) is 13.6. The topological polar surface area (TPSA) is 89.1 Å². The maximum absolute atomic E-state index is 13.5. The number of ether oxygens (including phenoxy) is 3. The lowest BCUT2D eigenvalue weighted by molar-refractivity contribution is -0.376. The van der Waals surface area contributed by atoms with Gasteiger partial charge >= 0.3 is 12.4 Å². The summed E-state index contributed by atoms with van der Waals surface area (Å²) in [6.07, 6.45) is -10.2. The van der Waals surface area contributed by atoms with Gasteiger partial charge in [0.05, 0.1) is 14.2 Å². The Morgan fingerprint density at radius 1 is 0.889 bits per heavy atom. The first-order valence-corrected chi connectivity index (χ1v) is 13.7. The van der Waals surface area contributed by atoms with Gasteiger partial charge in [-0.3, -0.25) is 4.79 Å². The smallest absolute Gasteiger partial charge is 0.430 e. The van der Waals surface area contributed by atoms with Crippen molar-refractivity contribution in [1.29, 1.82) is 0 Å². The Bertz CT molecular complexity index is 1490. The third kappa shape index (κ3) is 7.30. The molecular formula is C32H34F6N2O5. The zero-order valence-corrected chi connectivity index (χ0v) is 25.0. The van der Waals surface area contributed by atoms with E-state index in [1.807, 2.05) is 0 Å². The summed E-state index contributed by atoms with van der Waals surface area (Å²) in [7, 11) is 2.96. The molecule has 0 heterocycles. The van der Waals surface area contributed by atoms with Gasteiger partial charge in [-0.25, -0.2) is 0 Å². The van der Waals surface area contributed by atoms with E-state index in [0.29, 0.717) is 41.2 Å². The van der Waals surface area contributed by atoms with Gasteiger partial charge in [-0.05, 0) is 72.6 Å². The van der Waals surface area contributed by atoms with E-state index in [9.17, 15) is 36.2 Å². The molecule has 0 saturated heterocycles. The summed E-state index contributed by atoms with van der Waals surface area (Å²) in [4.78, 5) is 13.4. The second-order valence-electron chi connectivity index (χ2n) is 10.3. The third-order valence-electron chi connectivity index (χ3n) is 7.20. The molecule has 1 unspecified atom stereocenters. The summed E-state index contributed by atoms with van der Waals surface area (Å²) in [5.41, 5.74) is -6.48. The predicted octanol–water partition coefficient (Wildman–Crippen LogP) is 7.03. The Balaban J connectivity index is 1.85. The van der Waals surface area contributed by atoms with Crippen LogP contribution in [0, 0.1) is 0 Å². The van der Waals surface area contributed by atoms with Gasteiger partial charge in [-0.2, -0.15) is 26.3 Å². The molecule has 0 aromatic heterocycles. The van der Waals surface area contributed by atoms with Crippen LogP contribution < -0.4 is 24.8 Å². The highest BCUT2D eigenvalue weighted by Crippen LogP contribution is 2.50. The Kier molecular flexibility index (Phi) is 10.7. The number of hydrogen-bond donors (Lipinski definition) is 3. The fourth-order valence-corrected chi connectivity index (χ4v) is 4.69. The Labute approximate surface area is 256 Å². The van der Waals surface area contributed by atoms with Gasteiger partial charge in [0.15, 0.2) is 11.5 Å². The lowest BCUT2D eigenvalue weighted by Gasteiger charge is -2.33. The van der Waals surface area contributed by atoms with Crippen LogP contribution in [0.5, 0.6) is 23.0 Å². The Morgan fingerprint density at radius 3 is 2.09 bits per heavy atom. The number of methoxy groups -OCH3 is 2. The van der Waals surface area contributed by atoms with E-state index >= 15 is 0 Å². The van der Waals surface area contributed by atoms with Crippen LogP contribution in [-0.4, -0.2) is 37.6 Å². The van der Waals surface area contributed by atoms with Crippen LogP contribution in [0.25, 0.3) is 0 Å². The zero-order chi connectivity index (χ0) is 33.6. The van der Waals surface area contributed by atoms with Crippen LogP contribution in [0.4, 0.5) is 26.3 Å². The summed E-state index contributed by atoms with van der Waals surface area (Å²) < 4.78 is 97.2. The van der Waals surface area contributed by atoms with Crippen LogP contribution in [0.2, 0.25) is 0 Å². The van der Waals surface area contributed by atoms with Crippen LogP contribution in [-0.2, 0) is 28.9 Å². The van der Waals surface area contributed by atoms with Gasteiger partial charge in [-0.1, -0.05) is 44.2 Å². The first-order valence-electron chi connectivity index (χ1n) is 13.7. The van der Waals surface area contributed by atoms with Crippen molar-refractivity contribution in [2.75, 3.05) is 14.2 Å².